The highest BCUT2D eigenvalue weighted by atomic mass is 16.2. The van der Waals surface area contributed by atoms with Crippen molar-refractivity contribution in [3.63, 3.8) is 0 Å². The minimum Gasteiger partial charge on any atom is -0.335 e. The van der Waals surface area contributed by atoms with E-state index in [-0.39, 0.29) is 11.8 Å². The molecule has 0 N–H and O–H groups in total. The summed E-state index contributed by atoms with van der Waals surface area (Å²) in [5.41, 5.74) is 3.64. The Kier molecular flexibility index (Phi) is 4.65. The topological polar surface area (TPSA) is 40.6 Å². The van der Waals surface area contributed by atoms with E-state index in [1.165, 1.54) is 0 Å². The Bertz CT molecular complexity index is 744. The van der Waals surface area contributed by atoms with Crippen LogP contribution in [-0.4, -0.2) is 47.8 Å². The number of nitrogens with zero attached hydrogens (tertiary/aromatic N) is 2. The number of benzene rings is 2. The van der Waals surface area contributed by atoms with Gasteiger partial charge in [0.1, 0.15) is 0 Å². The maximum absolute atomic E-state index is 12.6. The van der Waals surface area contributed by atoms with Crippen LogP contribution in [0.15, 0.2) is 48.5 Å². The van der Waals surface area contributed by atoms with Gasteiger partial charge in [0.15, 0.2) is 0 Å². The van der Waals surface area contributed by atoms with E-state index in [1.54, 1.807) is 0 Å². The van der Waals surface area contributed by atoms with Gasteiger partial charge < -0.3 is 9.80 Å². The van der Waals surface area contributed by atoms with E-state index in [9.17, 15) is 9.59 Å². The van der Waals surface area contributed by atoms with E-state index in [0.717, 1.165) is 11.1 Å². The minimum atomic E-state index is 0.0395. The third-order valence-corrected chi connectivity index (χ3v) is 4.42. The van der Waals surface area contributed by atoms with Crippen molar-refractivity contribution < 1.29 is 9.59 Å². The molecule has 0 aliphatic carbocycles. The van der Waals surface area contributed by atoms with Crippen LogP contribution in [0.4, 0.5) is 0 Å². The fraction of sp³-hybridized carbons (Fsp3) is 0.300. The number of aryl methyl sites for hydroxylation is 2. The molecule has 1 aliphatic heterocycles. The number of hydrogen-bond donors (Lipinski definition) is 0. The number of carbonyl (C=O) groups excluding carboxylic acids is 2. The number of carbonyl (C=O) groups is 2. The fourth-order valence-electron chi connectivity index (χ4n) is 2.95. The Hall–Kier alpha value is -2.62. The van der Waals surface area contributed by atoms with E-state index in [4.69, 9.17) is 0 Å². The molecule has 0 saturated carbocycles. The molecule has 4 heteroatoms. The van der Waals surface area contributed by atoms with E-state index in [2.05, 4.69) is 0 Å². The third kappa shape index (κ3) is 3.48. The molecule has 1 heterocycles. The number of piperazine rings is 1. The standard InChI is InChI=1S/C20H22N2O2/c1-15-6-8-17(9-7-15)19(23)21-10-12-22(13-11-21)20(24)18-5-3-4-16(2)14-18/h3-9,14H,10-13H2,1-2H3. The van der Waals surface area contributed by atoms with Crippen LogP contribution in [-0.2, 0) is 0 Å². The lowest BCUT2D eigenvalue weighted by molar-refractivity contribution is 0.0535. The lowest BCUT2D eigenvalue weighted by Crippen LogP contribution is -2.50. The molecule has 4 nitrogen and oxygen atoms in total. The highest BCUT2D eigenvalue weighted by Gasteiger charge is 2.25. The first-order valence-corrected chi connectivity index (χ1v) is 8.26. The highest BCUT2D eigenvalue weighted by Crippen LogP contribution is 2.13. The van der Waals surface area contributed by atoms with Gasteiger partial charge in [-0.25, -0.2) is 0 Å². The van der Waals surface area contributed by atoms with Crippen LogP contribution >= 0.6 is 0 Å². The van der Waals surface area contributed by atoms with Gasteiger partial charge in [0.05, 0.1) is 0 Å². The van der Waals surface area contributed by atoms with Gasteiger partial charge >= 0.3 is 0 Å². The zero-order chi connectivity index (χ0) is 17.1. The summed E-state index contributed by atoms with van der Waals surface area (Å²) in [6.07, 6.45) is 0. The highest BCUT2D eigenvalue weighted by molar-refractivity contribution is 5.96. The Morgan fingerprint density at radius 3 is 1.79 bits per heavy atom. The molecule has 2 amide bonds. The van der Waals surface area contributed by atoms with Gasteiger partial charge in [0.2, 0.25) is 0 Å². The average molecular weight is 322 g/mol. The van der Waals surface area contributed by atoms with Crippen LogP contribution in [0, 0.1) is 13.8 Å². The van der Waals surface area contributed by atoms with E-state index < -0.39 is 0 Å². The second-order valence-electron chi connectivity index (χ2n) is 6.32. The van der Waals surface area contributed by atoms with Gasteiger partial charge in [-0.2, -0.15) is 0 Å². The molecule has 24 heavy (non-hydrogen) atoms. The molecule has 1 aliphatic rings. The predicted octanol–water partition coefficient (Wildman–Crippen LogP) is 2.90. The van der Waals surface area contributed by atoms with Crippen molar-refractivity contribution in [1.82, 2.24) is 9.80 Å². The summed E-state index contributed by atoms with van der Waals surface area (Å²) in [5.74, 6) is 0.0822. The van der Waals surface area contributed by atoms with Gasteiger partial charge in [-0.05, 0) is 38.1 Å². The van der Waals surface area contributed by atoms with Crippen LogP contribution in [0.5, 0.6) is 0 Å². The van der Waals surface area contributed by atoms with E-state index in [0.29, 0.717) is 37.3 Å². The second kappa shape index (κ2) is 6.87. The molecule has 3 rings (SSSR count). The zero-order valence-corrected chi connectivity index (χ0v) is 14.2. The first-order chi connectivity index (χ1) is 11.5. The molecular weight excluding hydrogens is 300 g/mol. The summed E-state index contributed by atoms with van der Waals surface area (Å²) in [4.78, 5) is 28.7. The van der Waals surface area contributed by atoms with Crippen LogP contribution in [0.2, 0.25) is 0 Å². The fourth-order valence-corrected chi connectivity index (χ4v) is 2.95. The third-order valence-electron chi connectivity index (χ3n) is 4.42. The lowest BCUT2D eigenvalue weighted by atomic mass is 10.1. The van der Waals surface area contributed by atoms with Crippen molar-refractivity contribution in [2.45, 2.75) is 13.8 Å². The molecule has 2 aromatic rings. The minimum absolute atomic E-state index is 0.0395. The quantitative estimate of drug-likeness (QED) is 0.853. The van der Waals surface area contributed by atoms with E-state index >= 15 is 0 Å². The Balaban J connectivity index is 1.62. The molecule has 2 aromatic carbocycles. The molecule has 0 bridgehead atoms. The lowest BCUT2D eigenvalue weighted by Gasteiger charge is -2.35. The molecule has 1 saturated heterocycles. The van der Waals surface area contributed by atoms with Gasteiger partial charge in [-0.1, -0.05) is 35.4 Å². The zero-order valence-electron chi connectivity index (χ0n) is 14.2. The molecule has 0 spiro atoms. The predicted molar refractivity (Wildman–Crippen MR) is 94.2 cm³/mol. The van der Waals surface area contributed by atoms with Gasteiger partial charge in [0, 0.05) is 37.3 Å². The average Bonchev–Trinajstić information content (AvgIpc) is 2.61. The Morgan fingerprint density at radius 2 is 1.25 bits per heavy atom. The first-order valence-electron chi connectivity index (χ1n) is 8.26. The maximum Gasteiger partial charge on any atom is 0.253 e. The first kappa shape index (κ1) is 16.2. The van der Waals surface area contributed by atoms with Crippen LogP contribution in [0.1, 0.15) is 31.8 Å². The van der Waals surface area contributed by atoms with Crippen molar-refractivity contribution in [2.24, 2.45) is 0 Å². The molecular formula is C20H22N2O2. The van der Waals surface area contributed by atoms with Crippen molar-refractivity contribution in [3.05, 3.63) is 70.8 Å². The summed E-state index contributed by atoms with van der Waals surface area (Å²) in [5, 5.41) is 0. The van der Waals surface area contributed by atoms with Crippen molar-refractivity contribution in [3.8, 4) is 0 Å². The summed E-state index contributed by atoms with van der Waals surface area (Å²) in [6, 6.07) is 15.3. The SMILES string of the molecule is Cc1ccc(C(=O)N2CCN(C(=O)c3cccc(C)c3)CC2)cc1. The summed E-state index contributed by atoms with van der Waals surface area (Å²) >= 11 is 0. The van der Waals surface area contributed by atoms with Gasteiger partial charge in [0.25, 0.3) is 11.8 Å². The smallest absolute Gasteiger partial charge is 0.253 e. The normalized spacial score (nSPS) is 14.6. The Morgan fingerprint density at radius 1 is 0.708 bits per heavy atom. The molecule has 0 atom stereocenters. The van der Waals surface area contributed by atoms with Crippen molar-refractivity contribution in [1.29, 1.82) is 0 Å². The van der Waals surface area contributed by atoms with Crippen molar-refractivity contribution >= 4 is 11.8 Å². The van der Waals surface area contributed by atoms with E-state index in [1.807, 2.05) is 72.2 Å². The summed E-state index contributed by atoms with van der Waals surface area (Å²) in [6.45, 7) is 6.28. The molecule has 1 fully saturated rings. The molecule has 0 radical (unpaired) electrons. The largest absolute Gasteiger partial charge is 0.335 e. The summed E-state index contributed by atoms with van der Waals surface area (Å²) < 4.78 is 0. The van der Waals surface area contributed by atoms with Crippen LogP contribution < -0.4 is 0 Å². The van der Waals surface area contributed by atoms with Crippen LogP contribution in [0.25, 0.3) is 0 Å². The summed E-state index contributed by atoms with van der Waals surface area (Å²) in [7, 11) is 0. The van der Waals surface area contributed by atoms with Crippen LogP contribution in [0.3, 0.4) is 0 Å². The monoisotopic (exact) mass is 322 g/mol. The second-order valence-corrected chi connectivity index (χ2v) is 6.32. The number of hydrogen-bond acceptors (Lipinski definition) is 2. The molecule has 0 unspecified atom stereocenters. The van der Waals surface area contributed by atoms with Gasteiger partial charge in [-0.3, -0.25) is 9.59 Å². The molecule has 124 valence electrons. The van der Waals surface area contributed by atoms with Crippen molar-refractivity contribution in [2.75, 3.05) is 26.2 Å². The van der Waals surface area contributed by atoms with Gasteiger partial charge in [-0.15, -0.1) is 0 Å². The maximum atomic E-state index is 12.6. The molecule has 0 aromatic heterocycles. The number of amides is 2. The Labute approximate surface area is 142 Å². The number of rotatable bonds is 2.